The van der Waals surface area contributed by atoms with Gasteiger partial charge in [0.1, 0.15) is 11.3 Å². The van der Waals surface area contributed by atoms with E-state index >= 15 is 0 Å². The van der Waals surface area contributed by atoms with E-state index in [-0.39, 0.29) is 0 Å². The van der Waals surface area contributed by atoms with Crippen molar-refractivity contribution in [2.24, 2.45) is 0 Å². The molecule has 0 saturated carbocycles. The van der Waals surface area contributed by atoms with Crippen LogP contribution in [0.5, 0.6) is 0 Å². The summed E-state index contributed by atoms with van der Waals surface area (Å²) in [4.78, 5) is 14.3. The van der Waals surface area contributed by atoms with Gasteiger partial charge in [-0.15, -0.1) is 0 Å². The Labute approximate surface area is 211 Å². The highest BCUT2D eigenvalue weighted by molar-refractivity contribution is 6.09. The lowest BCUT2D eigenvalue weighted by Crippen LogP contribution is -1.96. The highest BCUT2D eigenvalue weighted by Gasteiger charge is 2.16. The lowest BCUT2D eigenvalue weighted by atomic mass is 10.0. The first kappa shape index (κ1) is 20.0. The summed E-state index contributed by atoms with van der Waals surface area (Å²) < 4.78 is 6.39. The largest absolute Gasteiger partial charge is 0.308 e. The zero-order valence-corrected chi connectivity index (χ0v) is 19.7. The normalized spacial score (nSPS) is 11.8. The lowest BCUT2D eigenvalue weighted by molar-refractivity contribution is 1.16. The maximum absolute atomic E-state index is 4.92. The molecule has 0 spiro atoms. The number of hydrogen-bond donors (Lipinski definition) is 0. The van der Waals surface area contributed by atoms with Crippen LogP contribution in [0, 0.1) is 0 Å². The van der Waals surface area contributed by atoms with Gasteiger partial charge in [-0.25, -0.2) is 9.97 Å². The summed E-state index contributed by atoms with van der Waals surface area (Å²) in [6.07, 6.45) is 12.0. The Hall–Kier alpha value is -5.23. The average molecular weight is 477 g/mol. The van der Waals surface area contributed by atoms with Crippen molar-refractivity contribution in [3.8, 4) is 28.2 Å². The van der Waals surface area contributed by atoms with Crippen LogP contribution in [-0.4, -0.2) is 28.3 Å². The van der Waals surface area contributed by atoms with Crippen molar-refractivity contribution >= 4 is 33.1 Å². The van der Waals surface area contributed by atoms with Crippen molar-refractivity contribution in [2.75, 3.05) is 0 Å². The third-order valence-electron chi connectivity index (χ3n) is 6.97. The molecule has 0 N–H and O–H groups in total. The van der Waals surface area contributed by atoms with Crippen LogP contribution in [0.1, 0.15) is 0 Å². The maximum Gasteiger partial charge on any atom is 0.137 e. The SMILES string of the molecule is c1ccc2c(c1)c1ccncc1n2-c1cc(-c2cn3ccccc3n2)cc(-c2cn3ccccc3n2)c1. The van der Waals surface area contributed by atoms with E-state index < -0.39 is 0 Å². The number of imidazole rings is 2. The highest BCUT2D eigenvalue weighted by Crippen LogP contribution is 2.35. The van der Waals surface area contributed by atoms with Gasteiger partial charge in [0.25, 0.3) is 0 Å². The second-order valence-corrected chi connectivity index (χ2v) is 9.20. The minimum atomic E-state index is 0.914. The summed E-state index contributed by atoms with van der Waals surface area (Å²) in [6, 6.07) is 29.3. The van der Waals surface area contributed by atoms with E-state index in [0.29, 0.717) is 0 Å². The number of aromatic nitrogens is 6. The highest BCUT2D eigenvalue weighted by atomic mass is 15.0. The summed E-state index contributed by atoms with van der Waals surface area (Å²) >= 11 is 0. The van der Waals surface area contributed by atoms with Gasteiger partial charge in [0.2, 0.25) is 0 Å². The fourth-order valence-corrected chi connectivity index (χ4v) is 5.28. The van der Waals surface area contributed by atoms with Crippen LogP contribution in [0.2, 0.25) is 0 Å². The Morgan fingerprint density at radius 1 is 0.568 bits per heavy atom. The molecule has 6 nitrogen and oxygen atoms in total. The summed E-state index contributed by atoms with van der Waals surface area (Å²) in [6.45, 7) is 0. The molecule has 2 aromatic carbocycles. The number of para-hydroxylation sites is 1. The molecule has 0 radical (unpaired) electrons. The first-order valence-corrected chi connectivity index (χ1v) is 12.2. The predicted molar refractivity (Wildman–Crippen MR) is 147 cm³/mol. The van der Waals surface area contributed by atoms with E-state index in [4.69, 9.17) is 9.97 Å². The quantitative estimate of drug-likeness (QED) is 0.282. The number of pyridine rings is 3. The van der Waals surface area contributed by atoms with Crippen LogP contribution in [0.3, 0.4) is 0 Å². The Morgan fingerprint density at radius 3 is 1.86 bits per heavy atom. The van der Waals surface area contributed by atoms with Crippen LogP contribution >= 0.6 is 0 Å². The first-order valence-electron chi connectivity index (χ1n) is 12.2. The Kier molecular flexibility index (Phi) is 4.13. The third kappa shape index (κ3) is 3.09. The summed E-state index contributed by atoms with van der Waals surface area (Å²) in [5.74, 6) is 0. The number of hydrogen-bond acceptors (Lipinski definition) is 3. The van der Waals surface area contributed by atoms with E-state index in [2.05, 4.69) is 79.3 Å². The van der Waals surface area contributed by atoms with E-state index in [1.54, 1.807) is 0 Å². The van der Waals surface area contributed by atoms with Gasteiger partial charge in [-0.05, 0) is 54.6 Å². The second-order valence-electron chi connectivity index (χ2n) is 9.20. The van der Waals surface area contributed by atoms with Crippen molar-refractivity contribution in [3.05, 3.63) is 122 Å². The molecule has 174 valence electrons. The molecule has 6 heteroatoms. The average Bonchev–Trinajstić information content (AvgIpc) is 3.66. The molecule has 37 heavy (non-hydrogen) atoms. The van der Waals surface area contributed by atoms with Crippen LogP contribution in [0.25, 0.3) is 61.3 Å². The van der Waals surface area contributed by atoms with Gasteiger partial charge in [-0.2, -0.15) is 0 Å². The fraction of sp³-hybridized carbons (Fsp3) is 0. The van der Waals surface area contributed by atoms with Crippen LogP contribution in [0.4, 0.5) is 0 Å². The van der Waals surface area contributed by atoms with Crippen molar-refractivity contribution in [1.82, 2.24) is 28.3 Å². The van der Waals surface area contributed by atoms with Gasteiger partial charge >= 0.3 is 0 Å². The fourth-order valence-electron chi connectivity index (χ4n) is 5.28. The smallest absolute Gasteiger partial charge is 0.137 e. The van der Waals surface area contributed by atoms with E-state index in [0.717, 1.165) is 50.5 Å². The Bertz CT molecular complexity index is 1900. The maximum atomic E-state index is 4.92. The monoisotopic (exact) mass is 476 g/mol. The molecule has 0 fully saturated rings. The minimum Gasteiger partial charge on any atom is -0.308 e. The molecule has 0 saturated heterocycles. The molecule has 6 heterocycles. The minimum absolute atomic E-state index is 0.914. The molecule has 8 aromatic rings. The van der Waals surface area contributed by atoms with Gasteiger partial charge in [0, 0.05) is 58.6 Å². The predicted octanol–water partition coefficient (Wildman–Crippen LogP) is 6.81. The first-order chi connectivity index (χ1) is 18.3. The van der Waals surface area contributed by atoms with Gasteiger partial charge in [-0.1, -0.05) is 30.3 Å². The second kappa shape index (κ2) is 7.63. The number of benzene rings is 2. The molecule has 0 atom stereocenters. The number of nitrogens with zero attached hydrogens (tertiary/aromatic N) is 6. The summed E-state index contributed by atoms with van der Waals surface area (Å²) in [7, 11) is 0. The molecular weight excluding hydrogens is 456 g/mol. The molecular formula is C31H20N6. The molecule has 0 aliphatic heterocycles. The Balaban J connectivity index is 1.44. The molecule has 0 unspecified atom stereocenters. The lowest BCUT2D eigenvalue weighted by Gasteiger charge is -2.11. The van der Waals surface area contributed by atoms with Crippen molar-refractivity contribution in [3.63, 3.8) is 0 Å². The zero-order chi connectivity index (χ0) is 24.3. The van der Waals surface area contributed by atoms with E-state index in [1.807, 2.05) is 61.2 Å². The molecule has 8 rings (SSSR count). The molecule has 0 aliphatic carbocycles. The third-order valence-corrected chi connectivity index (χ3v) is 6.97. The molecule has 6 aromatic heterocycles. The number of rotatable bonds is 3. The standard InChI is InChI=1S/C31H20N6/c1-2-8-28-24(7-1)25-11-12-32-18-29(25)37(28)23-16-21(26-19-35-13-5-3-9-30(35)33-26)15-22(17-23)27-20-36-14-6-4-10-31(36)34-27/h1-20H. The van der Waals surface area contributed by atoms with Gasteiger partial charge < -0.3 is 13.4 Å². The van der Waals surface area contributed by atoms with Gasteiger partial charge in [0.05, 0.1) is 28.6 Å². The summed E-state index contributed by atoms with van der Waals surface area (Å²) in [5.41, 5.74) is 8.97. The summed E-state index contributed by atoms with van der Waals surface area (Å²) in [5, 5.41) is 2.38. The van der Waals surface area contributed by atoms with E-state index in [9.17, 15) is 0 Å². The zero-order valence-electron chi connectivity index (χ0n) is 19.7. The van der Waals surface area contributed by atoms with E-state index in [1.165, 1.54) is 10.8 Å². The Morgan fingerprint density at radius 2 is 1.19 bits per heavy atom. The van der Waals surface area contributed by atoms with Gasteiger partial charge in [0.15, 0.2) is 0 Å². The molecule has 0 bridgehead atoms. The van der Waals surface area contributed by atoms with Crippen molar-refractivity contribution in [2.45, 2.75) is 0 Å². The molecule has 0 aliphatic rings. The van der Waals surface area contributed by atoms with Crippen LogP contribution in [0.15, 0.2) is 122 Å². The van der Waals surface area contributed by atoms with Crippen molar-refractivity contribution < 1.29 is 0 Å². The molecule has 0 amide bonds. The van der Waals surface area contributed by atoms with Crippen molar-refractivity contribution in [1.29, 1.82) is 0 Å². The topological polar surface area (TPSA) is 52.4 Å². The van der Waals surface area contributed by atoms with Crippen LogP contribution < -0.4 is 0 Å². The number of fused-ring (bicyclic) bond motifs is 5. The van der Waals surface area contributed by atoms with Crippen LogP contribution in [-0.2, 0) is 0 Å². The van der Waals surface area contributed by atoms with Gasteiger partial charge in [-0.3, -0.25) is 4.98 Å².